The van der Waals surface area contributed by atoms with Crippen LogP contribution in [0.3, 0.4) is 0 Å². The van der Waals surface area contributed by atoms with Crippen LogP contribution >= 0.6 is 11.3 Å². The van der Waals surface area contributed by atoms with Gasteiger partial charge in [-0.3, -0.25) is 4.79 Å². The molecule has 28 heavy (non-hydrogen) atoms. The van der Waals surface area contributed by atoms with Crippen LogP contribution in [0.1, 0.15) is 20.9 Å². The number of carbonyl (C=O) groups is 2. The molecule has 0 aliphatic carbocycles. The van der Waals surface area contributed by atoms with Crippen LogP contribution in [0.15, 0.2) is 48.5 Å². The highest BCUT2D eigenvalue weighted by Crippen LogP contribution is 2.29. The molecular weight excluding hydrogens is 376 g/mol. The summed E-state index contributed by atoms with van der Waals surface area (Å²) in [5, 5.41) is 3.40. The van der Waals surface area contributed by atoms with Crippen LogP contribution in [-0.2, 0) is 9.53 Å². The Morgan fingerprint density at radius 2 is 1.71 bits per heavy atom. The molecule has 1 N–H and O–H groups in total. The van der Waals surface area contributed by atoms with E-state index in [1.165, 1.54) is 11.3 Å². The molecule has 6 nitrogen and oxygen atoms in total. The molecule has 2 aromatic carbocycles. The Morgan fingerprint density at radius 3 is 2.36 bits per heavy atom. The summed E-state index contributed by atoms with van der Waals surface area (Å²) in [7, 11) is 1.60. The molecule has 0 aliphatic heterocycles. The Bertz CT molecular complexity index is 979. The molecule has 1 heterocycles. The molecule has 0 radical (unpaired) electrons. The fourth-order valence-corrected chi connectivity index (χ4v) is 3.44. The number of carbonyl (C=O) groups excluding carboxylic acids is 2. The van der Waals surface area contributed by atoms with E-state index in [1.54, 1.807) is 26.2 Å². The maximum Gasteiger partial charge on any atom is 0.350 e. The first kappa shape index (κ1) is 19.6. The van der Waals surface area contributed by atoms with E-state index in [4.69, 9.17) is 9.47 Å². The number of hydrogen-bond acceptors (Lipinski definition) is 6. The number of nitrogens with one attached hydrogen (secondary N) is 1. The number of aromatic nitrogens is 1. The molecule has 144 valence electrons. The van der Waals surface area contributed by atoms with E-state index < -0.39 is 11.9 Å². The number of hydrogen-bond donors (Lipinski definition) is 1. The second kappa shape index (κ2) is 8.67. The fourth-order valence-electron chi connectivity index (χ4n) is 2.47. The lowest BCUT2D eigenvalue weighted by Gasteiger charge is -2.06. The molecule has 0 bridgehead atoms. The van der Waals surface area contributed by atoms with Crippen LogP contribution in [0.25, 0.3) is 10.6 Å². The number of thiazole rings is 1. The van der Waals surface area contributed by atoms with E-state index in [2.05, 4.69) is 10.3 Å². The average molecular weight is 396 g/mol. The number of anilines is 1. The molecule has 0 unspecified atom stereocenters. The molecule has 0 saturated heterocycles. The first-order chi connectivity index (χ1) is 13.5. The number of rotatable bonds is 6. The molecule has 0 saturated carbocycles. The zero-order chi connectivity index (χ0) is 20.1. The van der Waals surface area contributed by atoms with Crippen LogP contribution in [-0.4, -0.2) is 30.6 Å². The summed E-state index contributed by atoms with van der Waals surface area (Å²) in [6.07, 6.45) is 0. The van der Waals surface area contributed by atoms with Gasteiger partial charge in [0.1, 0.15) is 15.6 Å². The third-order valence-electron chi connectivity index (χ3n) is 3.99. The number of ether oxygens (including phenoxy) is 2. The monoisotopic (exact) mass is 396 g/mol. The average Bonchev–Trinajstić information content (AvgIpc) is 3.10. The lowest BCUT2D eigenvalue weighted by Crippen LogP contribution is -2.20. The predicted octanol–water partition coefficient (Wildman–Crippen LogP) is 4.23. The normalized spacial score (nSPS) is 10.4. The van der Waals surface area contributed by atoms with Gasteiger partial charge in [0.15, 0.2) is 6.61 Å². The summed E-state index contributed by atoms with van der Waals surface area (Å²) in [4.78, 5) is 29.2. The van der Waals surface area contributed by atoms with Crippen molar-refractivity contribution < 1.29 is 19.1 Å². The van der Waals surface area contributed by atoms with Crippen molar-refractivity contribution in [3.05, 3.63) is 64.7 Å². The second-order valence-electron chi connectivity index (χ2n) is 6.15. The van der Waals surface area contributed by atoms with Crippen molar-refractivity contribution >= 4 is 28.9 Å². The zero-order valence-corrected chi connectivity index (χ0v) is 16.6. The lowest BCUT2D eigenvalue weighted by molar-refractivity contribution is -0.119. The number of esters is 1. The smallest absolute Gasteiger partial charge is 0.350 e. The van der Waals surface area contributed by atoms with Gasteiger partial charge in [0, 0.05) is 11.3 Å². The van der Waals surface area contributed by atoms with E-state index in [0.717, 1.165) is 16.9 Å². The molecule has 1 amide bonds. The van der Waals surface area contributed by atoms with Crippen molar-refractivity contribution in [1.29, 1.82) is 0 Å². The van der Waals surface area contributed by atoms with Gasteiger partial charge in [-0.05, 0) is 50.2 Å². The van der Waals surface area contributed by atoms with Gasteiger partial charge in [-0.15, -0.1) is 11.3 Å². The van der Waals surface area contributed by atoms with E-state index in [-0.39, 0.29) is 6.61 Å². The summed E-state index contributed by atoms with van der Waals surface area (Å²) in [6, 6.07) is 14.8. The number of aryl methyl sites for hydroxylation is 2. The highest BCUT2D eigenvalue weighted by atomic mass is 32.1. The molecule has 3 aromatic rings. The molecular formula is C21H20N2O4S. The third-order valence-corrected chi connectivity index (χ3v) is 5.18. The summed E-state index contributed by atoms with van der Waals surface area (Å²) in [5.41, 5.74) is 3.20. The second-order valence-corrected chi connectivity index (χ2v) is 7.15. The van der Waals surface area contributed by atoms with Gasteiger partial charge in [-0.1, -0.05) is 17.7 Å². The Labute approximate surface area is 167 Å². The van der Waals surface area contributed by atoms with Crippen molar-refractivity contribution in [2.45, 2.75) is 13.8 Å². The number of benzene rings is 2. The van der Waals surface area contributed by atoms with Crippen molar-refractivity contribution in [1.82, 2.24) is 4.98 Å². The van der Waals surface area contributed by atoms with Crippen LogP contribution in [0, 0.1) is 13.8 Å². The number of amides is 1. The maximum atomic E-state index is 12.4. The summed E-state index contributed by atoms with van der Waals surface area (Å²) in [6.45, 7) is 3.35. The van der Waals surface area contributed by atoms with E-state index in [9.17, 15) is 9.59 Å². The Hall–Kier alpha value is -3.19. The van der Waals surface area contributed by atoms with Crippen LogP contribution in [0.4, 0.5) is 5.69 Å². The third kappa shape index (κ3) is 4.75. The van der Waals surface area contributed by atoms with Gasteiger partial charge in [0.05, 0.1) is 12.8 Å². The van der Waals surface area contributed by atoms with E-state index in [1.807, 2.05) is 43.3 Å². The minimum Gasteiger partial charge on any atom is -0.497 e. The zero-order valence-electron chi connectivity index (χ0n) is 15.8. The first-order valence-corrected chi connectivity index (χ1v) is 9.43. The quantitative estimate of drug-likeness (QED) is 0.631. The molecule has 0 spiro atoms. The van der Waals surface area contributed by atoms with Crippen molar-refractivity contribution in [3.63, 3.8) is 0 Å². The lowest BCUT2D eigenvalue weighted by atomic mass is 10.2. The first-order valence-electron chi connectivity index (χ1n) is 8.62. The summed E-state index contributed by atoms with van der Waals surface area (Å²) < 4.78 is 10.3. The number of methoxy groups -OCH3 is 1. The maximum absolute atomic E-state index is 12.4. The van der Waals surface area contributed by atoms with Gasteiger partial charge in [0.25, 0.3) is 5.91 Å². The SMILES string of the molecule is COc1ccc(-c2nc(C)c(C(=O)OCC(=O)Nc3ccc(C)cc3)s2)cc1. The topological polar surface area (TPSA) is 77.5 Å². The highest BCUT2D eigenvalue weighted by Gasteiger charge is 2.18. The van der Waals surface area contributed by atoms with Gasteiger partial charge in [-0.25, -0.2) is 9.78 Å². The molecule has 7 heteroatoms. The Balaban J connectivity index is 1.61. The molecule has 3 rings (SSSR count). The fraction of sp³-hybridized carbons (Fsp3) is 0.190. The largest absolute Gasteiger partial charge is 0.497 e. The van der Waals surface area contributed by atoms with E-state index in [0.29, 0.717) is 21.3 Å². The van der Waals surface area contributed by atoms with Gasteiger partial charge >= 0.3 is 5.97 Å². The van der Waals surface area contributed by atoms with Crippen molar-refractivity contribution in [3.8, 4) is 16.3 Å². The van der Waals surface area contributed by atoms with Crippen LogP contribution in [0.5, 0.6) is 5.75 Å². The summed E-state index contributed by atoms with van der Waals surface area (Å²) in [5.74, 6) is -0.209. The van der Waals surface area contributed by atoms with Gasteiger partial charge < -0.3 is 14.8 Å². The van der Waals surface area contributed by atoms with Crippen molar-refractivity contribution in [2.75, 3.05) is 19.0 Å². The molecule has 1 aromatic heterocycles. The highest BCUT2D eigenvalue weighted by molar-refractivity contribution is 7.17. The van der Waals surface area contributed by atoms with E-state index >= 15 is 0 Å². The number of nitrogens with zero attached hydrogens (tertiary/aromatic N) is 1. The van der Waals surface area contributed by atoms with Gasteiger partial charge in [-0.2, -0.15) is 0 Å². The molecule has 0 atom stereocenters. The summed E-state index contributed by atoms with van der Waals surface area (Å²) >= 11 is 1.23. The minimum absolute atomic E-state index is 0.359. The van der Waals surface area contributed by atoms with Crippen LogP contribution in [0.2, 0.25) is 0 Å². The minimum atomic E-state index is -0.561. The predicted molar refractivity (Wildman–Crippen MR) is 109 cm³/mol. The standard InChI is InChI=1S/C21H20N2O4S/c1-13-4-8-16(9-5-13)23-18(24)12-27-21(25)19-14(2)22-20(28-19)15-6-10-17(26-3)11-7-15/h4-11H,12H2,1-3H3,(H,23,24). The molecule has 0 fully saturated rings. The Morgan fingerprint density at radius 1 is 1.04 bits per heavy atom. The van der Waals surface area contributed by atoms with Gasteiger partial charge in [0.2, 0.25) is 0 Å². The molecule has 0 aliphatic rings. The van der Waals surface area contributed by atoms with Crippen molar-refractivity contribution in [2.24, 2.45) is 0 Å². The Kier molecular flexibility index (Phi) is 6.06. The van der Waals surface area contributed by atoms with Crippen LogP contribution < -0.4 is 10.1 Å².